The molecule has 6 heteroatoms. The summed E-state index contributed by atoms with van der Waals surface area (Å²) in [5.74, 6) is 1.63. The molecule has 27 heavy (non-hydrogen) atoms. The minimum absolute atomic E-state index is 0.135. The van der Waals surface area contributed by atoms with E-state index in [2.05, 4.69) is 27.9 Å². The predicted molar refractivity (Wildman–Crippen MR) is 102 cm³/mol. The summed E-state index contributed by atoms with van der Waals surface area (Å²) in [7, 11) is 1.84. The van der Waals surface area contributed by atoms with Crippen LogP contribution in [0.2, 0.25) is 0 Å². The van der Waals surface area contributed by atoms with Crippen molar-refractivity contribution in [3.63, 3.8) is 0 Å². The van der Waals surface area contributed by atoms with Crippen LogP contribution >= 0.6 is 0 Å². The molecule has 1 amide bonds. The third-order valence-electron chi connectivity index (χ3n) is 5.86. The maximum absolute atomic E-state index is 12.8. The molecule has 1 saturated carbocycles. The summed E-state index contributed by atoms with van der Waals surface area (Å²) in [5, 5.41) is 10.3. The van der Waals surface area contributed by atoms with E-state index in [-0.39, 0.29) is 11.8 Å². The normalized spacial score (nSPS) is 23.9. The van der Waals surface area contributed by atoms with E-state index in [0.29, 0.717) is 24.1 Å². The van der Waals surface area contributed by atoms with Gasteiger partial charge in [0.05, 0.1) is 18.4 Å². The second-order valence-electron chi connectivity index (χ2n) is 8.03. The van der Waals surface area contributed by atoms with Crippen LogP contribution in [0, 0.1) is 31.6 Å². The van der Waals surface area contributed by atoms with Gasteiger partial charge in [-0.25, -0.2) is 0 Å². The van der Waals surface area contributed by atoms with E-state index in [9.17, 15) is 9.90 Å². The molecule has 2 unspecified atom stereocenters. The topological polar surface area (TPSA) is 69.6 Å². The van der Waals surface area contributed by atoms with Crippen molar-refractivity contribution < 1.29 is 9.90 Å². The van der Waals surface area contributed by atoms with Gasteiger partial charge in [-0.05, 0) is 31.2 Å². The number of benzene rings is 1. The average molecular weight is 366 g/mol. The lowest BCUT2D eigenvalue weighted by molar-refractivity contribution is -0.132. The van der Waals surface area contributed by atoms with Crippen LogP contribution in [-0.2, 0) is 17.9 Å². The van der Waals surface area contributed by atoms with E-state index in [1.165, 1.54) is 5.56 Å². The number of hydrogen-bond acceptors (Lipinski definition) is 5. The predicted octanol–water partition coefficient (Wildman–Crippen LogP) is 2.14. The fourth-order valence-corrected chi connectivity index (χ4v) is 4.51. The number of aromatic nitrogens is 2. The second-order valence-corrected chi connectivity index (χ2v) is 8.03. The lowest BCUT2D eigenvalue weighted by Crippen LogP contribution is -2.33. The van der Waals surface area contributed by atoms with Crippen molar-refractivity contribution in [2.24, 2.45) is 17.8 Å². The number of nitrogens with zero attached hydrogens (tertiary/aromatic N) is 4. The van der Waals surface area contributed by atoms with E-state index in [1.54, 1.807) is 23.5 Å². The molecule has 2 aromatic rings. The molecule has 2 fully saturated rings. The highest BCUT2D eigenvalue weighted by Crippen LogP contribution is 2.53. The zero-order valence-electron chi connectivity index (χ0n) is 16.1. The zero-order valence-corrected chi connectivity index (χ0v) is 16.1. The first-order valence-electron chi connectivity index (χ1n) is 9.45. The summed E-state index contributed by atoms with van der Waals surface area (Å²) < 4.78 is 0. The smallest absolute Gasteiger partial charge is 0.226 e. The Labute approximate surface area is 159 Å². The Morgan fingerprint density at radius 2 is 2.00 bits per heavy atom. The Kier molecular flexibility index (Phi) is 4.60. The summed E-state index contributed by atoms with van der Waals surface area (Å²) >= 11 is 0. The Morgan fingerprint density at radius 3 is 2.67 bits per heavy atom. The lowest BCUT2D eigenvalue weighted by Gasteiger charge is -2.23. The lowest BCUT2D eigenvalue weighted by atomic mass is 10.0. The minimum atomic E-state index is 0.135. The highest BCUT2D eigenvalue weighted by Gasteiger charge is 2.59. The molecule has 6 nitrogen and oxygen atoms in total. The monoisotopic (exact) mass is 366 g/mol. The van der Waals surface area contributed by atoms with Gasteiger partial charge in [-0.15, -0.1) is 0 Å². The molecule has 2 atom stereocenters. The van der Waals surface area contributed by atoms with Gasteiger partial charge in [0.15, 0.2) is 0 Å². The molecule has 0 radical (unpaired) electrons. The summed E-state index contributed by atoms with van der Waals surface area (Å²) in [6, 6.07) is 4.06. The number of hydrogen-bond donors (Lipinski definition) is 1. The van der Waals surface area contributed by atoms with E-state index >= 15 is 0 Å². The largest absolute Gasteiger partial charge is 0.507 e. The van der Waals surface area contributed by atoms with Gasteiger partial charge in [0.25, 0.3) is 0 Å². The number of piperidine rings is 1. The van der Waals surface area contributed by atoms with E-state index in [0.717, 1.165) is 36.5 Å². The number of phenolic OH excluding ortho intramolecular Hbond substituents is 1. The van der Waals surface area contributed by atoms with Crippen molar-refractivity contribution in [1.82, 2.24) is 19.8 Å². The molecule has 2 aliphatic rings. The molecule has 1 saturated heterocycles. The van der Waals surface area contributed by atoms with Crippen LogP contribution in [-0.4, -0.2) is 50.9 Å². The molecular weight excluding hydrogens is 340 g/mol. The van der Waals surface area contributed by atoms with Crippen LogP contribution in [0.3, 0.4) is 0 Å². The van der Waals surface area contributed by atoms with Crippen LogP contribution in [0.1, 0.15) is 22.4 Å². The van der Waals surface area contributed by atoms with Crippen LogP contribution in [0.5, 0.6) is 5.75 Å². The highest BCUT2D eigenvalue weighted by atomic mass is 16.3. The number of amides is 1. The Morgan fingerprint density at radius 1 is 1.26 bits per heavy atom. The highest BCUT2D eigenvalue weighted by molar-refractivity contribution is 5.82. The quantitative estimate of drug-likeness (QED) is 0.878. The maximum Gasteiger partial charge on any atom is 0.226 e. The SMILES string of the molecule is Cc1cc(C)c(O)c(CN2CC3C(C2)C3C(=O)N(C)Cc2cnccn2)c1. The Bertz CT molecular complexity index is 843. The Hall–Kier alpha value is -2.47. The van der Waals surface area contributed by atoms with Gasteiger partial charge >= 0.3 is 0 Å². The van der Waals surface area contributed by atoms with E-state index < -0.39 is 0 Å². The van der Waals surface area contributed by atoms with Crippen molar-refractivity contribution in [2.45, 2.75) is 26.9 Å². The van der Waals surface area contributed by atoms with Gasteiger partial charge < -0.3 is 10.0 Å². The second kappa shape index (κ2) is 6.93. The van der Waals surface area contributed by atoms with Gasteiger partial charge in [-0.3, -0.25) is 19.7 Å². The van der Waals surface area contributed by atoms with Crippen LogP contribution in [0.15, 0.2) is 30.7 Å². The van der Waals surface area contributed by atoms with Gasteiger partial charge in [-0.2, -0.15) is 0 Å². The summed E-state index contributed by atoms with van der Waals surface area (Å²) in [4.78, 5) is 25.2. The molecule has 142 valence electrons. The molecular formula is C21H26N4O2. The molecule has 1 aliphatic carbocycles. The number of likely N-dealkylation sites (tertiary alicyclic amines) is 1. The number of fused-ring (bicyclic) bond motifs is 1. The van der Waals surface area contributed by atoms with Crippen molar-refractivity contribution >= 4 is 5.91 Å². The molecule has 1 aliphatic heterocycles. The van der Waals surface area contributed by atoms with Crippen LogP contribution in [0.4, 0.5) is 0 Å². The van der Waals surface area contributed by atoms with Gasteiger partial charge in [0.1, 0.15) is 5.75 Å². The fraction of sp³-hybridized carbons (Fsp3) is 0.476. The third kappa shape index (κ3) is 3.54. The molecule has 1 aromatic carbocycles. The first-order valence-corrected chi connectivity index (χ1v) is 9.45. The van der Waals surface area contributed by atoms with Crippen molar-refractivity contribution in [2.75, 3.05) is 20.1 Å². The van der Waals surface area contributed by atoms with Crippen molar-refractivity contribution in [3.8, 4) is 5.75 Å². The maximum atomic E-state index is 12.8. The first kappa shape index (κ1) is 17.9. The standard InChI is InChI=1S/C21H26N4O2/c1-13-6-14(2)20(26)15(7-13)9-25-11-17-18(12-25)19(17)21(27)24(3)10-16-8-22-4-5-23-16/h4-8,17-19,26H,9-12H2,1-3H3. The van der Waals surface area contributed by atoms with Gasteiger partial charge in [-0.1, -0.05) is 17.7 Å². The fourth-order valence-electron chi connectivity index (χ4n) is 4.51. The first-order chi connectivity index (χ1) is 12.9. The van der Waals surface area contributed by atoms with Gasteiger partial charge in [0.2, 0.25) is 5.91 Å². The van der Waals surface area contributed by atoms with Crippen molar-refractivity contribution in [1.29, 1.82) is 0 Å². The van der Waals surface area contributed by atoms with Crippen LogP contribution < -0.4 is 0 Å². The number of aromatic hydroxyl groups is 1. The zero-order chi connectivity index (χ0) is 19.1. The number of phenols is 1. The molecule has 4 rings (SSSR count). The summed E-state index contributed by atoms with van der Waals surface area (Å²) in [5.41, 5.74) is 3.89. The minimum Gasteiger partial charge on any atom is -0.507 e. The summed E-state index contributed by atoms with van der Waals surface area (Å²) in [6.07, 6.45) is 4.99. The molecule has 1 aromatic heterocycles. The third-order valence-corrected chi connectivity index (χ3v) is 5.86. The summed E-state index contributed by atoms with van der Waals surface area (Å²) in [6.45, 7) is 7.09. The number of carbonyl (C=O) groups excluding carboxylic acids is 1. The molecule has 0 bridgehead atoms. The molecule has 2 heterocycles. The number of rotatable bonds is 5. The Balaban J connectivity index is 1.33. The van der Waals surface area contributed by atoms with Crippen molar-refractivity contribution in [3.05, 3.63) is 53.1 Å². The number of carbonyl (C=O) groups is 1. The van der Waals surface area contributed by atoms with E-state index in [1.807, 2.05) is 20.0 Å². The molecule has 0 spiro atoms. The molecule has 1 N–H and O–H groups in total. The number of aryl methyl sites for hydroxylation is 2. The average Bonchev–Trinajstić information content (AvgIpc) is 3.14. The van der Waals surface area contributed by atoms with Gasteiger partial charge in [0, 0.05) is 50.6 Å². The van der Waals surface area contributed by atoms with Crippen LogP contribution in [0.25, 0.3) is 0 Å². The van der Waals surface area contributed by atoms with E-state index in [4.69, 9.17) is 0 Å².